The van der Waals surface area contributed by atoms with E-state index in [-0.39, 0.29) is 6.10 Å². The molecule has 0 amide bonds. The number of rotatable bonds is 6. The van der Waals surface area contributed by atoms with Crippen molar-refractivity contribution in [3.63, 3.8) is 0 Å². The van der Waals surface area contributed by atoms with Crippen molar-refractivity contribution in [2.75, 3.05) is 13.2 Å². The Balaban J connectivity index is 2.09. The quantitative estimate of drug-likeness (QED) is 0.740. The third-order valence-electron chi connectivity index (χ3n) is 3.01. The van der Waals surface area contributed by atoms with E-state index in [0.717, 1.165) is 19.4 Å². The smallest absolute Gasteiger partial charge is 0.104 e. The number of hydrogen-bond donors (Lipinski definition) is 0. The molecule has 0 bridgehead atoms. The van der Waals surface area contributed by atoms with Crippen LogP contribution in [0.3, 0.4) is 0 Å². The van der Waals surface area contributed by atoms with Crippen LogP contribution in [0.2, 0.25) is 0 Å². The standard InChI is InChI=1S/C14H19BrO2/c1-3-5-13(17-9-11-8-16-11)12-7-4-6-10(2)14(12)15/h4,6-7,11,13H,3,5,8-9H2,1-2H3/t11-,13-/m1/s1. The molecule has 0 aliphatic carbocycles. The molecule has 1 fully saturated rings. The Morgan fingerprint density at radius 1 is 1.53 bits per heavy atom. The second-order valence-corrected chi connectivity index (χ2v) is 5.34. The van der Waals surface area contributed by atoms with Gasteiger partial charge in [0.25, 0.3) is 0 Å². The third kappa shape index (κ3) is 3.54. The molecule has 0 spiro atoms. The summed E-state index contributed by atoms with van der Waals surface area (Å²) in [4.78, 5) is 0. The Kier molecular flexibility index (Phi) is 4.60. The summed E-state index contributed by atoms with van der Waals surface area (Å²) in [6.45, 7) is 5.87. The van der Waals surface area contributed by atoms with E-state index in [1.165, 1.54) is 15.6 Å². The average molecular weight is 299 g/mol. The van der Waals surface area contributed by atoms with E-state index >= 15 is 0 Å². The minimum Gasteiger partial charge on any atom is -0.371 e. The highest BCUT2D eigenvalue weighted by atomic mass is 79.9. The molecule has 94 valence electrons. The first-order valence-corrected chi connectivity index (χ1v) is 7.00. The van der Waals surface area contributed by atoms with E-state index in [2.05, 4.69) is 48.0 Å². The second kappa shape index (κ2) is 5.98. The largest absolute Gasteiger partial charge is 0.371 e. The normalized spacial score (nSPS) is 20.3. The monoisotopic (exact) mass is 298 g/mol. The average Bonchev–Trinajstić information content (AvgIpc) is 3.12. The van der Waals surface area contributed by atoms with Crippen molar-refractivity contribution >= 4 is 15.9 Å². The van der Waals surface area contributed by atoms with Gasteiger partial charge < -0.3 is 9.47 Å². The molecule has 0 unspecified atom stereocenters. The summed E-state index contributed by atoms with van der Waals surface area (Å²) in [5.41, 5.74) is 2.52. The molecule has 1 saturated heterocycles. The molecule has 1 aliphatic rings. The SMILES string of the molecule is CCC[C@@H](OC[C@H]1CO1)c1cccc(C)c1Br. The number of aryl methyl sites for hydroxylation is 1. The summed E-state index contributed by atoms with van der Waals surface area (Å²) in [6, 6.07) is 6.35. The Morgan fingerprint density at radius 2 is 2.29 bits per heavy atom. The maximum absolute atomic E-state index is 5.97. The van der Waals surface area contributed by atoms with Crippen LogP contribution in [0.4, 0.5) is 0 Å². The highest BCUT2D eigenvalue weighted by molar-refractivity contribution is 9.10. The fraction of sp³-hybridized carbons (Fsp3) is 0.571. The summed E-state index contributed by atoms with van der Waals surface area (Å²) in [6.07, 6.45) is 2.68. The van der Waals surface area contributed by atoms with Gasteiger partial charge in [0.2, 0.25) is 0 Å². The molecule has 2 rings (SSSR count). The molecular formula is C14H19BrO2. The van der Waals surface area contributed by atoms with Crippen LogP contribution in [0.25, 0.3) is 0 Å². The van der Waals surface area contributed by atoms with Crippen LogP contribution in [-0.4, -0.2) is 19.3 Å². The molecule has 2 atom stereocenters. The fourth-order valence-electron chi connectivity index (χ4n) is 1.90. The van der Waals surface area contributed by atoms with Crippen molar-refractivity contribution in [2.45, 2.75) is 38.9 Å². The minimum absolute atomic E-state index is 0.179. The summed E-state index contributed by atoms with van der Waals surface area (Å²) in [5, 5.41) is 0. The summed E-state index contributed by atoms with van der Waals surface area (Å²) < 4.78 is 12.3. The van der Waals surface area contributed by atoms with Gasteiger partial charge in [0.05, 0.1) is 19.3 Å². The van der Waals surface area contributed by atoms with E-state index in [1.54, 1.807) is 0 Å². The lowest BCUT2D eigenvalue weighted by molar-refractivity contribution is 0.0354. The number of ether oxygens (including phenoxy) is 2. The van der Waals surface area contributed by atoms with Gasteiger partial charge in [0.15, 0.2) is 0 Å². The van der Waals surface area contributed by atoms with E-state index in [0.29, 0.717) is 12.7 Å². The molecule has 0 saturated carbocycles. The van der Waals surface area contributed by atoms with E-state index < -0.39 is 0 Å². The molecule has 0 radical (unpaired) electrons. The van der Waals surface area contributed by atoms with Crippen LogP contribution in [-0.2, 0) is 9.47 Å². The van der Waals surface area contributed by atoms with Crippen LogP contribution < -0.4 is 0 Å². The number of hydrogen-bond acceptors (Lipinski definition) is 2. The van der Waals surface area contributed by atoms with E-state index in [4.69, 9.17) is 9.47 Å². The van der Waals surface area contributed by atoms with Gasteiger partial charge in [-0.3, -0.25) is 0 Å². The number of benzene rings is 1. The van der Waals surface area contributed by atoms with Gasteiger partial charge in [-0.05, 0) is 24.5 Å². The molecule has 3 heteroatoms. The Labute approximate surface area is 111 Å². The van der Waals surface area contributed by atoms with Crippen molar-refractivity contribution < 1.29 is 9.47 Å². The highest BCUT2D eigenvalue weighted by Crippen LogP contribution is 2.32. The minimum atomic E-state index is 0.179. The van der Waals surface area contributed by atoms with Gasteiger partial charge in [0.1, 0.15) is 6.10 Å². The first-order chi connectivity index (χ1) is 8.22. The zero-order valence-electron chi connectivity index (χ0n) is 10.4. The molecule has 1 heterocycles. The number of epoxide rings is 1. The van der Waals surface area contributed by atoms with Crippen LogP contribution in [0.15, 0.2) is 22.7 Å². The first kappa shape index (κ1) is 13.1. The van der Waals surface area contributed by atoms with Gasteiger partial charge in [0, 0.05) is 4.47 Å². The Morgan fingerprint density at radius 3 is 2.94 bits per heavy atom. The molecule has 0 aromatic heterocycles. The van der Waals surface area contributed by atoms with Crippen molar-refractivity contribution in [1.29, 1.82) is 0 Å². The third-order valence-corrected chi connectivity index (χ3v) is 4.09. The van der Waals surface area contributed by atoms with Crippen molar-refractivity contribution in [3.05, 3.63) is 33.8 Å². The predicted octanol–water partition coefficient (Wildman–Crippen LogP) is 4.01. The Hall–Kier alpha value is -0.380. The molecule has 0 N–H and O–H groups in total. The maximum atomic E-state index is 5.97. The van der Waals surface area contributed by atoms with Gasteiger partial charge in [-0.15, -0.1) is 0 Å². The van der Waals surface area contributed by atoms with Gasteiger partial charge >= 0.3 is 0 Å². The zero-order valence-corrected chi connectivity index (χ0v) is 12.0. The molecule has 17 heavy (non-hydrogen) atoms. The van der Waals surface area contributed by atoms with Gasteiger partial charge in [-0.1, -0.05) is 47.5 Å². The first-order valence-electron chi connectivity index (χ1n) is 6.20. The summed E-state index contributed by atoms with van der Waals surface area (Å²) in [7, 11) is 0. The molecule has 1 aromatic rings. The molecular weight excluding hydrogens is 280 g/mol. The lowest BCUT2D eigenvalue weighted by Gasteiger charge is -2.19. The Bertz CT molecular complexity index is 374. The van der Waals surface area contributed by atoms with Gasteiger partial charge in [-0.25, -0.2) is 0 Å². The topological polar surface area (TPSA) is 21.8 Å². The van der Waals surface area contributed by atoms with Crippen LogP contribution in [0.5, 0.6) is 0 Å². The van der Waals surface area contributed by atoms with Crippen LogP contribution in [0, 0.1) is 6.92 Å². The second-order valence-electron chi connectivity index (χ2n) is 4.54. The van der Waals surface area contributed by atoms with Crippen molar-refractivity contribution in [3.8, 4) is 0 Å². The van der Waals surface area contributed by atoms with Crippen LogP contribution >= 0.6 is 15.9 Å². The summed E-state index contributed by atoms with van der Waals surface area (Å²) in [5.74, 6) is 0. The van der Waals surface area contributed by atoms with Gasteiger partial charge in [-0.2, -0.15) is 0 Å². The molecule has 1 aliphatic heterocycles. The fourth-order valence-corrected chi connectivity index (χ4v) is 2.42. The predicted molar refractivity (Wildman–Crippen MR) is 72.2 cm³/mol. The summed E-state index contributed by atoms with van der Waals surface area (Å²) >= 11 is 3.66. The van der Waals surface area contributed by atoms with Crippen LogP contribution in [0.1, 0.15) is 37.0 Å². The lowest BCUT2D eigenvalue weighted by Crippen LogP contribution is -2.10. The maximum Gasteiger partial charge on any atom is 0.104 e. The van der Waals surface area contributed by atoms with Crippen molar-refractivity contribution in [2.24, 2.45) is 0 Å². The number of halogens is 1. The highest BCUT2D eigenvalue weighted by Gasteiger charge is 2.25. The van der Waals surface area contributed by atoms with E-state index in [1.807, 2.05) is 0 Å². The lowest BCUT2D eigenvalue weighted by atomic mass is 10.0. The van der Waals surface area contributed by atoms with E-state index in [9.17, 15) is 0 Å². The zero-order chi connectivity index (χ0) is 12.3. The van der Waals surface area contributed by atoms with Crippen molar-refractivity contribution in [1.82, 2.24) is 0 Å². The molecule has 2 nitrogen and oxygen atoms in total. The molecule has 1 aromatic carbocycles.